The van der Waals surface area contributed by atoms with Crippen LogP contribution in [-0.4, -0.2) is 19.0 Å². The van der Waals surface area contributed by atoms with Crippen LogP contribution >= 0.6 is 11.6 Å². The average Bonchev–Trinajstić information content (AvgIpc) is 2.52. The highest BCUT2D eigenvalue weighted by Crippen LogP contribution is 2.13. The summed E-state index contributed by atoms with van der Waals surface area (Å²) in [5, 5.41) is 0.221. The quantitative estimate of drug-likeness (QED) is 0.544. The smallest absolute Gasteiger partial charge is 0.223 e. The number of rotatable bonds is 5. The zero-order valence-corrected chi connectivity index (χ0v) is 8.13. The summed E-state index contributed by atoms with van der Waals surface area (Å²) < 4.78 is 9.97. The first-order chi connectivity index (χ1) is 6.24. The minimum atomic E-state index is -0.180. The lowest BCUT2D eigenvalue weighted by molar-refractivity contribution is 0.0734. The van der Waals surface area contributed by atoms with Crippen LogP contribution in [0.5, 0.6) is 0 Å². The molecule has 1 heterocycles. The van der Waals surface area contributed by atoms with E-state index in [-0.39, 0.29) is 23.4 Å². The highest BCUT2D eigenvalue weighted by Gasteiger charge is 2.09. The summed E-state index contributed by atoms with van der Waals surface area (Å²) in [6, 6.07) is 3.08. The minimum absolute atomic E-state index is 0.0533. The number of hydrogen-bond acceptors (Lipinski definition) is 3. The van der Waals surface area contributed by atoms with E-state index in [0.717, 1.165) is 6.42 Å². The number of Topliss-reactive ketones (excluding diaryl/α,β-unsaturated/α-hetero) is 1. The Hall–Kier alpha value is -0.800. The first-order valence-corrected chi connectivity index (χ1v) is 4.48. The molecule has 0 amide bonds. The number of hydrogen-bond donors (Lipinski definition) is 0. The third kappa shape index (κ3) is 3.20. The number of carbonyl (C=O) groups excluding carboxylic acids is 1. The predicted octanol–water partition coefficient (Wildman–Crippen LogP) is 2.54. The van der Waals surface area contributed by atoms with E-state index in [0.29, 0.717) is 6.61 Å². The fourth-order valence-corrected chi connectivity index (χ4v) is 0.991. The number of halogens is 1. The molecule has 0 aliphatic carbocycles. The molecule has 0 spiro atoms. The van der Waals surface area contributed by atoms with E-state index in [2.05, 4.69) is 0 Å². The molecule has 0 fully saturated rings. The van der Waals surface area contributed by atoms with Crippen LogP contribution in [0.1, 0.15) is 23.9 Å². The van der Waals surface area contributed by atoms with Crippen molar-refractivity contribution < 1.29 is 13.9 Å². The molecule has 0 N–H and O–H groups in total. The van der Waals surface area contributed by atoms with Crippen LogP contribution in [0.4, 0.5) is 0 Å². The van der Waals surface area contributed by atoms with Crippen LogP contribution in [0.2, 0.25) is 5.22 Å². The van der Waals surface area contributed by atoms with Crippen molar-refractivity contribution in [3.8, 4) is 0 Å². The molecule has 0 aliphatic heterocycles. The van der Waals surface area contributed by atoms with Gasteiger partial charge in [-0.2, -0.15) is 0 Å². The fourth-order valence-electron chi connectivity index (χ4n) is 0.844. The average molecular weight is 203 g/mol. The molecule has 1 aromatic heterocycles. The van der Waals surface area contributed by atoms with E-state index < -0.39 is 0 Å². The van der Waals surface area contributed by atoms with Crippen LogP contribution in [0.3, 0.4) is 0 Å². The van der Waals surface area contributed by atoms with E-state index in [4.69, 9.17) is 20.8 Å². The van der Waals surface area contributed by atoms with Crippen molar-refractivity contribution >= 4 is 17.4 Å². The van der Waals surface area contributed by atoms with Crippen molar-refractivity contribution in [2.24, 2.45) is 0 Å². The van der Waals surface area contributed by atoms with Gasteiger partial charge in [0.2, 0.25) is 5.78 Å². The van der Waals surface area contributed by atoms with Crippen LogP contribution in [0.15, 0.2) is 16.5 Å². The number of ether oxygens (including phenoxy) is 1. The van der Waals surface area contributed by atoms with Crippen LogP contribution in [-0.2, 0) is 4.74 Å². The van der Waals surface area contributed by atoms with E-state index >= 15 is 0 Å². The lowest BCUT2D eigenvalue weighted by Crippen LogP contribution is -2.08. The van der Waals surface area contributed by atoms with Gasteiger partial charge in [0.15, 0.2) is 11.0 Å². The van der Waals surface area contributed by atoms with E-state index in [9.17, 15) is 4.79 Å². The molecule has 0 atom stereocenters. The zero-order chi connectivity index (χ0) is 9.68. The normalized spacial score (nSPS) is 10.3. The maximum atomic E-state index is 11.3. The molecule has 1 rings (SSSR count). The van der Waals surface area contributed by atoms with Gasteiger partial charge >= 0.3 is 0 Å². The molecular weight excluding hydrogens is 192 g/mol. The number of ketones is 1. The number of furan rings is 1. The highest BCUT2D eigenvalue weighted by atomic mass is 35.5. The Morgan fingerprint density at radius 3 is 2.92 bits per heavy atom. The van der Waals surface area contributed by atoms with Gasteiger partial charge in [0.1, 0.15) is 6.61 Å². The van der Waals surface area contributed by atoms with Gasteiger partial charge in [-0.3, -0.25) is 4.79 Å². The molecule has 0 unspecified atom stereocenters. The van der Waals surface area contributed by atoms with Crippen LogP contribution in [0.25, 0.3) is 0 Å². The summed E-state index contributed by atoms with van der Waals surface area (Å²) >= 11 is 5.51. The van der Waals surface area contributed by atoms with Crippen molar-refractivity contribution in [1.29, 1.82) is 0 Å². The Morgan fingerprint density at radius 2 is 2.38 bits per heavy atom. The molecule has 1 aromatic rings. The molecule has 0 aliphatic rings. The van der Waals surface area contributed by atoms with Crippen molar-refractivity contribution in [2.45, 2.75) is 13.3 Å². The van der Waals surface area contributed by atoms with Gasteiger partial charge in [0.05, 0.1) is 0 Å². The summed E-state index contributed by atoms with van der Waals surface area (Å²) in [7, 11) is 0. The zero-order valence-electron chi connectivity index (χ0n) is 7.38. The topological polar surface area (TPSA) is 39.4 Å². The molecule has 0 saturated carbocycles. The van der Waals surface area contributed by atoms with E-state index in [1.807, 2.05) is 6.92 Å². The standard InChI is InChI=1S/C9H11ClO3/c1-2-5-12-6-7(11)8-3-4-9(10)13-8/h3-4H,2,5-6H2,1H3. The van der Waals surface area contributed by atoms with Gasteiger partial charge < -0.3 is 9.15 Å². The van der Waals surface area contributed by atoms with Gasteiger partial charge in [-0.1, -0.05) is 6.92 Å². The molecule has 0 saturated heterocycles. The third-order valence-electron chi connectivity index (χ3n) is 1.43. The molecule has 13 heavy (non-hydrogen) atoms. The van der Waals surface area contributed by atoms with Crippen molar-refractivity contribution in [2.75, 3.05) is 13.2 Å². The second kappa shape index (κ2) is 5.04. The molecule has 4 heteroatoms. The first kappa shape index (κ1) is 10.3. The Labute approximate surface area is 81.6 Å². The first-order valence-electron chi connectivity index (χ1n) is 4.10. The second-order valence-corrected chi connectivity index (χ2v) is 2.95. The molecule has 0 radical (unpaired) electrons. The monoisotopic (exact) mass is 202 g/mol. The molecule has 0 aromatic carbocycles. The van der Waals surface area contributed by atoms with Crippen LogP contribution in [0, 0.1) is 0 Å². The third-order valence-corrected chi connectivity index (χ3v) is 1.63. The van der Waals surface area contributed by atoms with E-state index in [1.54, 1.807) is 6.07 Å². The maximum absolute atomic E-state index is 11.3. The Kier molecular flexibility index (Phi) is 3.99. The van der Waals surface area contributed by atoms with Crippen LogP contribution < -0.4 is 0 Å². The summed E-state index contributed by atoms with van der Waals surface area (Å²) in [5.74, 6) is 0.0708. The predicted molar refractivity (Wildman–Crippen MR) is 49.2 cm³/mol. The van der Waals surface area contributed by atoms with Gasteiger partial charge in [-0.25, -0.2) is 0 Å². The van der Waals surface area contributed by atoms with Crippen molar-refractivity contribution in [3.05, 3.63) is 23.1 Å². The number of carbonyl (C=O) groups is 1. The molecule has 72 valence electrons. The molecule has 0 bridgehead atoms. The SMILES string of the molecule is CCCOCC(=O)c1ccc(Cl)o1. The van der Waals surface area contributed by atoms with Gasteiger partial charge in [0, 0.05) is 6.61 Å². The maximum Gasteiger partial charge on any atom is 0.223 e. The summed E-state index contributed by atoms with van der Waals surface area (Å²) in [6.45, 7) is 2.62. The molecule has 3 nitrogen and oxygen atoms in total. The summed E-state index contributed by atoms with van der Waals surface area (Å²) in [5.41, 5.74) is 0. The van der Waals surface area contributed by atoms with Crippen molar-refractivity contribution in [1.82, 2.24) is 0 Å². The van der Waals surface area contributed by atoms with Crippen molar-refractivity contribution in [3.63, 3.8) is 0 Å². The summed E-state index contributed by atoms with van der Waals surface area (Å²) in [4.78, 5) is 11.3. The van der Waals surface area contributed by atoms with Gasteiger partial charge in [0.25, 0.3) is 0 Å². The largest absolute Gasteiger partial charge is 0.442 e. The van der Waals surface area contributed by atoms with E-state index in [1.165, 1.54) is 6.07 Å². The Bertz CT molecular complexity index is 280. The molecular formula is C9H11ClO3. The Balaban J connectivity index is 2.40. The minimum Gasteiger partial charge on any atom is -0.442 e. The summed E-state index contributed by atoms with van der Waals surface area (Å²) in [6.07, 6.45) is 0.895. The fraction of sp³-hybridized carbons (Fsp3) is 0.444. The second-order valence-electron chi connectivity index (χ2n) is 2.58. The lowest BCUT2D eigenvalue weighted by atomic mass is 10.3. The van der Waals surface area contributed by atoms with Gasteiger partial charge in [-0.05, 0) is 30.2 Å². The van der Waals surface area contributed by atoms with Gasteiger partial charge in [-0.15, -0.1) is 0 Å². The lowest BCUT2D eigenvalue weighted by Gasteiger charge is -1.98. The Morgan fingerprint density at radius 1 is 1.62 bits per heavy atom. The highest BCUT2D eigenvalue weighted by molar-refractivity contribution is 6.29.